The number of rotatable bonds is 4. The highest BCUT2D eigenvalue weighted by Gasteiger charge is 2.32. The number of likely N-dealkylation sites (tertiary alicyclic amines) is 1. The van der Waals surface area contributed by atoms with Gasteiger partial charge in [0.1, 0.15) is 11.6 Å². The zero-order valence-electron chi connectivity index (χ0n) is 12.2. The van der Waals surface area contributed by atoms with Crippen molar-refractivity contribution >= 4 is 15.9 Å². The highest BCUT2D eigenvalue weighted by molar-refractivity contribution is 7.91. The minimum absolute atomic E-state index is 0.152. The number of hydrogen-bond donors (Lipinski definition) is 1. The molecule has 8 heteroatoms. The Labute approximate surface area is 128 Å². The molecule has 22 heavy (non-hydrogen) atoms. The van der Waals surface area contributed by atoms with Gasteiger partial charge in [-0.25, -0.2) is 22.0 Å². The number of nitrogens with zero attached hydrogens (tertiary/aromatic N) is 1. The maximum absolute atomic E-state index is 13.4. The number of nitrogens with one attached hydrogen (secondary N) is 1. The minimum Gasteiger partial charge on any atom is -0.338 e. The van der Waals surface area contributed by atoms with E-state index >= 15 is 0 Å². The predicted molar refractivity (Wildman–Crippen MR) is 78.3 cm³/mol. The van der Waals surface area contributed by atoms with Crippen molar-refractivity contribution in [3.05, 3.63) is 35.4 Å². The molecular formula is C14H18F2N2O3S. The first-order chi connectivity index (χ1) is 10.3. The number of amides is 2. The first-order valence-electron chi connectivity index (χ1n) is 6.93. The molecule has 1 atom stereocenters. The van der Waals surface area contributed by atoms with Crippen LogP contribution in [0.25, 0.3) is 0 Å². The van der Waals surface area contributed by atoms with Crippen LogP contribution in [0.1, 0.15) is 12.0 Å². The monoisotopic (exact) mass is 332 g/mol. The third kappa shape index (κ3) is 4.16. The first kappa shape index (κ1) is 16.7. The van der Waals surface area contributed by atoms with Crippen molar-refractivity contribution < 1.29 is 22.0 Å². The second-order valence-electron chi connectivity index (χ2n) is 5.40. The van der Waals surface area contributed by atoms with Gasteiger partial charge in [-0.3, -0.25) is 0 Å². The molecule has 1 fully saturated rings. The van der Waals surface area contributed by atoms with Gasteiger partial charge in [-0.1, -0.05) is 0 Å². The molecule has 0 aliphatic carbocycles. The van der Waals surface area contributed by atoms with Crippen LogP contribution in [-0.2, 0) is 16.3 Å². The molecule has 1 aliphatic rings. The van der Waals surface area contributed by atoms with Crippen molar-refractivity contribution in [2.75, 3.05) is 25.9 Å². The Balaban J connectivity index is 1.83. The van der Waals surface area contributed by atoms with Crippen LogP contribution in [0.5, 0.6) is 0 Å². The van der Waals surface area contributed by atoms with Crippen LogP contribution in [0.4, 0.5) is 13.6 Å². The lowest BCUT2D eigenvalue weighted by molar-refractivity contribution is 0.209. The predicted octanol–water partition coefficient (Wildman–Crippen LogP) is 1.34. The summed E-state index contributed by atoms with van der Waals surface area (Å²) < 4.78 is 49.3. The van der Waals surface area contributed by atoms with Gasteiger partial charge in [-0.15, -0.1) is 0 Å². The van der Waals surface area contributed by atoms with Crippen molar-refractivity contribution in [2.24, 2.45) is 0 Å². The molecule has 1 saturated heterocycles. The lowest BCUT2D eigenvalue weighted by Crippen LogP contribution is -2.40. The number of hydrogen-bond acceptors (Lipinski definition) is 3. The van der Waals surface area contributed by atoms with Crippen molar-refractivity contribution in [3.8, 4) is 0 Å². The quantitative estimate of drug-likeness (QED) is 0.905. The van der Waals surface area contributed by atoms with Gasteiger partial charge in [0.25, 0.3) is 0 Å². The lowest BCUT2D eigenvalue weighted by Gasteiger charge is -2.17. The summed E-state index contributed by atoms with van der Waals surface area (Å²) in [5, 5.41) is 2.07. The molecule has 0 aromatic heterocycles. The number of carbonyl (C=O) groups excluding carboxylic acids is 1. The van der Waals surface area contributed by atoms with Crippen molar-refractivity contribution in [2.45, 2.75) is 18.1 Å². The molecule has 2 amide bonds. The Kier molecular flexibility index (Phi) is 5.00. The molecule has 1 aliphatic heterocycles. The van der Waals surface area contributed by atoms with Crippen molar-refractivity contribution in [3.63, 3.8) is 0 Å². The number of urea groups is 1. The average molecular weight is 332 g/mol. The van der Waals surface area contributed by atoms with Crippen LogP contribution in [0.3, 0.4) is 0 Å². The largest absolute Gasteiger partial charge is 0.338 e. The molecule has 122 valence electrons. The zero-order valence-corrected chi connectivity index (χ0v) is 13.0. The van der Waals surface area contributed by atoms with E-state index in [1.165, 1.54) is 4.90 Å². The number of carbonyl (C=O) groups is 1. The third-order valence-electron chi connectivity index (χ3n) is 3.72. The van der Waals surface area contributed by atoms with Gasteiger partial charge in [0.05, 0.1) is 5.25 Å². The molecule has 1 heterocycles. The van der Waals surface area contributed by atoms with Gasteiger partial charge in [0.2, 0.25) is 0 Å². The normalized spacial score (nSPS) is 18.5. The van der Waals surface area contributed by atoms with E-state index < -0.39 is 26.7 Å². The summed E-state index contributed by atoms with van der Waals surface area (Å²) in [4.78, 5) is 13.3. The molecule has 0 bridgehead atoms. The lowest BCUT2D eigenvalue weighted by atomic mass is 10.1. The Morgan fingerprint density at radius 3 is 2.77 bits per heavy atom. The van der Waals surface area contributed by atoms with Crippen LogP contribution in [0.2, 0.25) is 0 Å². The maximum Gasteiger partial charge on any atom is 0.317 e. The van der Waals surface area contributed by atoms with E-state index in [9.17, 15) is 22.0 Å². The van der Waals surface area contributed by atoms with Crippen molar-refractivity contribution in [1.29, 1.82) is 0 Å². The number of sulfone groups is 1. The summed E-state index contributed by atoms with van der Waals surface area (Å²) in [7, 11) is -3.16. The van der Waals surface area contributed by atoms with Crippen LogP contribution in [-0.4, -0.2) is 50.5 Å². The third-order valence-corrected chi connectivity index (χ3v) is 5.31. The second-order valence-corrected chi connectivity index (χ2v) is 7.73. The smallest absolute Gasteiger partial charge is 0.317 e. The zero-order chi connectivity index (χ0) is 16.3. The fourth-order valence-corrected chi connectivity index (χ4v) is 3.40. The van der Waals surface area contributed by atoms with Gasteiger partial charge in [0.15, 0.2) is 9.84 Å². The van der Waals surface area contributed by atoms with Crippen LogP contribution in [0, 0.1) is 11.6 Å². The summed E-state index contributed by atoms with van der Waals surface area (Å²) in [5.74, 6) is -1.05. The van der Waals surface area contributed by atoms with Gasteiger partial charge in [-0.2, -0.15) is 0 Å². The molecule has 1 unspecified atom stereocenters. The average Bonchev–Trinajstić information content (AvgIpc) is 2.92. The molecule has 1 N–H and O–H groups in total. The highest BCUT2D eigenvalue weighted by Crippen LogP contribution is 2.16. The van der Waals surface area contributed by atoms with E-state index in [2.05, 4.69) is 5.32 Å². The van der Waals surface area contributed by atoms with Crippen molar-refractivity contribution in [1.82, 2.24) is 10.2 Å². The van der Waals surface area contributed by atoms with Crippen LogP contribution in [0.15, 0.2) is 18.2 Å². The molecule has 5 nitrogen and oxygen atoms in total. The SMILES string of the molecule is CS(=O)(=O)C1CCN(C(=O)NCCc2cc(F)ccc2F)C1. The Bertz CT molecular complexity index is 664. The maximum atomic E-state index is 13.4. The van der Waals surface area contributed by atoms with E-state index in [1.807, 2.05) is 0 Å². The number of benzene rings is 1. The summed E-state index contributed by atoms with van der Waals surface area (Å²) in [6.45, 7) is 0.691. The fraction of sp³-hybridized carbons (Fsp3) is 0.500. The van der Waals surface area contributed by atoms with E-state index in [1.54, 1.807) is 0 Å². The second kappa shape index (κ2) is 6.60. The summed E-state index contributed by atoms with van der Waals surface area (Å²) >= 11 is 0. The van der Waals surface area contributed by atoms with E-state index in [0.29, 0.717) is 13.0 Å². The van der Waals surface area contributed by atoms with Gasteiger partial charge in [-0.05, 0) is 36.6 Å². The number of halogens is 2. The summed E-state index contributed by atoms with van der Waals surface area (Å²) in [5.41, 5.74) is 0.190. The molecule has 1 aromatic rings. The molecule has 0 radical (unpaired) electrons. The molecular weight excluding hydrogens is 314 g/mol. The van der Waals surface area contributed by atoms with E-state index in [-0.39, 0.29) is 31.1 Å². The first-order valence-corrected chi connectivity index (χ1v) is 8.88. The molecule has 2 rings (SSSR count). The fourth-order valence-electron chi connectivity index (χ4n) is 2.41. The standard InChI is InChI=1S/C14H18F2N2O3S/c1-22(20,21)12-5-7-18(9-12)14(19)17-6-4-10-8-11(15)2-3-13(10)16/h2-3,8,12H,4-7,9H2,1H3,(H,17,19). The van der Waals surface area contributed by atoms with E-state index in [0.717, 1.165) is 24.5 Å². The minimum atomic E-state index is -3.16. The summed E-state index contributed by atoms with van der Waals surface area (Å²) in [6.07, 6.45) is 1.75. The molecule has 0 saturated carbocycles. The van der Waals surface area contributed by atoms with Gasteiger partial charge < -0.3 is 10.2 Å². The Hall–Kier alpha value is -1.70. The topological polar surface area (TPSA) is 66.5 Å². The summed E-state index contributed by atoms with van der Waals surface area (Å²) in [6, 6.07) is 2.79. The Morgan fingerprint density at radius 2 is 2.14 bits per heavy atom. The Morgan fingerprint density at radius 1 is 1.41 bits per heavy atom. The van der Waals surface area contributed by atoms with Crippen LogP contribution < -0.4 is 5.32 Å². The van der Waals surface area contributed by atoms with Crippen LogP contribution >= 0.6 is 0 Å². The highest BCUT2D eigenvalue weighted by atomic mass is 32.2. The van der Waals surface area contributed by atoms with Gasteiger partial charge >= 0.3 is 6.03 Å². The van der Waals surface area contributed by atoms with E-state index in [4.69, 9.17) is 0 Å². The molecule has 0 spiro atoms. The molecule has 1 aromatic carbocycles. The van der Waals surface area contributed by atoms with Gasteiger partial charge in [0, 0.05) is 25.9 Å².